The number of anilines is 1. The molecule has 32 heavy (non-hydrogen) atoms. The molecule has 3 aromatic rings. The van der Waals surface area contributed by atoms with Gasteiger partial charge in [-0.1, -0.05) is 35.6 Å². The molecule has 1 aliphatic heterocycles. The Morgan fingerprint density at radius 1 is 1.19 bits per heavy atom. The Labute approximate surface area is 189 Å². The first-order valence-electron chi connectivity index (χ1n) is 9.76. The summed E-state index contributed by atoms with van der Waals surface area (Å²) < 4.78 is 39.8. The van der Waals surface area contributed by atoms with Crippen molar-refractivity contribution < 1.29 is 22.7 Å². The van der Waals surface area contributed by atoms with Gasteiger partial charge in [0.1, 0.15) is 17.1 Å². The molecule has 0 radical (unpaired) electrons. The van der Waals surface area contributed by atoms with Crippen molar-refractivity contribution in [3.63, 3.8) is 0 Å². The highest BCUT2D eigenvalue weighted by Gasteiger charge is 2.37. The van der Waals surface area contributed by atoms with Gasteiger partial charge in [0.15, 0.2) is 0 Å². The number of hydrogen-bond acceptors (Lipinski definition) is 8. The van der Waals surface area contributed by atoms with E-state index in [0.717, 1.165) is 11.3 Å². The van der Waals surface area contributed by atoms with Gasteiger partial charge in [-0.2, -0.15) is 0 Å². The molecule has 11 heteroatoms. The molecule has 0 spiro atoms. The molecule has 2 aromatic carbocycles. The minimum atomic E-state index is -3.99. The normalized spacial score (nSPS) is 17.2. The van der Waals surface area contributed by atoms with Gasteiger partial charge in [-0.3, -0.25) is 10.1 Å². The molecule has 1 atom stereocenters. The molecule has 2 heterocycles. The zero-order valence-electron chi connectivity index (χ0n) is 17.7. The van der Waals surface area contributed by atoms with Crippen molar-refractivity contribution in [2.24, 2.45) is 0 Å². The molecular formula is C21H22N4O5S2. The van der Waals surface area contributed by atoms with Crippen molar-refractivity contribution in [3.05, 3.63) is 59.7 Å². The molecule has 168 valence electrons. The Morgan fingerprint density at radius 2 is 1.94 bits per heavy atom. The van der Waals surface area contributed by atoms with E-state index in [9.17, 15) is 13.2 Å². The third-order valence-electron chi connectivity index (χ3n) is 4.87. The molecule has 0 saturated heterocycles. The largest absolute Gasteiger partial charge is 0.497 e. The van der Waals surface area contributed by atoms with Gasteiger partial charge in [-0.25, -0.2) is 13.1 Å². The third kappa shape index (κ3) is 4.74. The first-order chi connectivity index (χ1) is 15.2. The van der Waals surface area contributed by atoms with Gasteiger partial charge in [0, 0.05) is 23.6 Å². The number of aromatic nitrogens is 2. The van der Waals surface area contributed by atoms with Gasteiger partial charge >= 0.3 is 0 Å². The summed E-state index contributed by atoms with van der Waals surface area (Å²) in [5.41, 5.74) is 0.542. The molecule has 0 fully saturated rings. The van der Waals surface area contributed by atoms with Gasteiger partial charge in [0.2, 0.25) is 9.47 Å². The second-order valence-corrected chi connectivity index (χ2v) is 10.7. The predicted octanol–water partition coefficient (Wildman–Crippen LogP) is 3.38. The Bertz CT molecular complexity index is 1240. The molecule has 4 rings (SSSR count). The van der Waals surface area contributed by atoms with Crippen LogP contribution < -0.4 is 19.5 Å². The van der Waals surface area contributed by atoms with Gasteiger partial charge in [-0.05, 0) is 32.0 Å². The van der Waals surface area contributed by atoms with E-state index in [1.807, 2.05) is 13.8 Å². The second-order valence-electron chi connectivity index (χ2n) is 7.84. The van der Waals surface area contributed by atoms with Gasteiger partial charge in [0.25, 0.3) is 15.9 Å². The lowest BCUT2D eigenvalue weighted by Crippen LogP contribution is -2.41. The van der Waals surface area contributed by atoms with Crippen LogP contribution in [0, 0.1) is 0 Å². The van der Waals surface area contributed by atoms with Crippen LogP contribution in [0.15, 0.2) is 52.9 Å². The Kier molecular flexibility index (Phi) is 5.89. The Morgan fingerprint density at radius 3 is 2.66 bits per heavy atom. The lowest BCUT2D eigenvalue weighted by molar-refractivity contribution is 0.0698. The minimum Gasteiger partial charge on any atom is -0.497 e. The fourth-order valence-electron chi connectivity index (χ4n) is 3.43. The summed E-state index contributed by atoms with van der Waals surface area (Å²) in [4.78, 5) is 12.3. The fraction of sp³-hybridized carbons (Fsp3) is 0.286. The number of sulfonamides is 1. The van der Waals surface area contributed by atoms with Crippen LogP contribution in [-0.4, -0.2) is 37.2 Å². The molecule has 0 unspecified atom stereocenters. The highest BCUT2D eigenvalue weighted by Crippen LogP contribution is 2.42. The van der Waals surface area contributed by atoms with Crippen molar-refractivity contribution in [1.82, 2.24) is 14.9 Å². The van der Waals surface area contributed by atoms with E-state index in [1.165, 1.54) is 0 Å². The smallest absolute Gasteiger partial charge is 0.270 e. The molecule has 0 bridgehead atoms. The van der Waals surface area contributed by atoms with E-state index in [4.69, 9.17) is 9.47 Å². The highest BCUT2D eigenvalue weighted by molar-refractivity contribution is 7.91. The minimum absolute atomic E-state index is 0.0941. The summed E-state index contributed by atoms with van der Waals surface area (Å²) in [6.07, 6.45) is 0.419. The summed E-state index contributed by atoms with van der Waals surface area (Å²) in [6, 6.07) is 13.3. The van der Waals surface area contributed by atoms with Crippen LogP contribution >= 0.6 is 11.3 Å². The van der Waals surface area contributed by atoms with Crippen molar-refractivity contribution in [1.29, 1.82) is 0 Å². The zero-order valence-corrected chi connectivity index (χ0v) is 19.3. The van der Waals surface area contributed by atoms with Crippen molar-refractivity contribution >= 4 is 32.4 Å². The van der Waals surface area contributed by atoms with Crippen LogP contribution in [0.4, 0.5) is 5.13 Å². The standard InChI is InChI=1S/C21H22N4O5S2/c1-21(2)12-16(15-10-9-14(29-3)11-17(15)30-21)25-32(27,28)20-24-23-19(31-20)22-18(26)13-7-5-4-6-8-13/h4-11,16,25H,12H2,1-3H3,(H,22,23,26)/t16-/m1/s1. The summed E-state index contributed by atoms with van der Waals surface area (Å²) in [7, 11) is -2.44. The van der Waals surface area contributed by atoms with E-state index in [1.54, 1.807) is 55.6 Å². The van der Waals surface area contributed by atoms with E-state index in [-0.39, 0.29) is 9.47 Å². The number of methoxy groups -OCH3 is 1. The number of nitrogens with zero attached hydrogens (tertiary/aromatic N) is 2. The van der Waals surface area contributed by atoms with E-state index in [0.29, 0.717) is 29.0 Å². The molecule has 1 aromatic heterocycles. The summed E-state index contributed by atoms with van der Waals surface area (Å²) >= 11 is 0.783. The van der Waals surface area contributed by atoms with Crippen molar-refractivity contribution in [2.45, 2.75) is 36.3 Å². The third-order valence-corrected chi connectivity index (χ3v) is 7.55. The van der Waals surface area contributed by atoms with Crippen LogP contribution in [0.1, 0.15) is 42.2 Å². The number of fused-ring (bicyclic) bond motifs is 1. The van der Waals surface area contributed by atoms with E-state index in [2.05, 4.69) is 20.2 Å². The number of nitrogens with one attached hydrogen (secondary N) is 2. The summed E-state index contributed by atoms with van der Waals surface area (Å²) in [6.45, 7) is 3.78. The molecule has 0 saturated carbocycles. The molecule has 2 N–H and O–H groups in total. The second kappa shape index (κ2) is 8.49. The Hall–Kier alpha value is -3.02. The monoisotopic (exact) mass is 474 g/mol. The van der Waals surface area contributed by atoms with Gasteiger partial charge < -0.3 is 9.47 Å². The summed E-state index contributed by atoms with van der Waals surface area (Å²) in [5.74, 6) is 0.778. The number of carbonyl (C=O) groups is 1. The van der Waals surface area contributed by atoms with Crippen LogP contribution in [0.5, 0.6) is 11.5 Å². The van der Waals surface area contributed by atoms with Crippen LogP contribution in [-0.2, 0) is 10.0 Å². The topological polar surface area (TPSA) is 120 Å². The molecule has 1 aliphatic rings. The maximum Gasteiger partial charge on any atom is 0.270 e. The quantitative estimate of drug-likeness (QED) is 0.526. The first-order valence-corrected chi connectivity index (χ1v) is 12.1. The SMILES string of the molecule is COc1ccc2c(c1)OC(C)(C)C[C@H]2NS(=O)(=O)c1nnc(NC(=O)c2ccccc2)s1. The first kappa shape index (κ1) is 22.2. The van der Waals surface area contributed by atoms with E-state index < -0.39 is 27.6 Å². The lowest BCUT2D eigenvalue weighted by atomic mass is 9.90. The number of benzene rings is 2. The van der Waals surface area contributed by atoms with Crippen LogP contribution in [0.25, 0.3) is 0 Å². The van der Waals surface area contributed by atoms with Gasteiger partial charge in [-0.15, -0.1) is 10.2 Å². The number of ether oxygens (including phenoxy) is 2. The van der Waals surface area contributed by atoms with E-state index >= 15 is 0 Å². The number of hydrogen-bond donors (Lipinski definition) is 2. The number of carbonyl (C=O) groups excluding carboxylic acids is 1. The average molecular weight is 475 g/mol. The van der Waals surface area contributed by atoms with Crippen LogP contribution in [0.3, 0.4) is 0 Å². The maximum absolute atomic E-state index is 13.0. The maximum atomic E-state index is 13.0. The molecule has 9 nitrogen and oxygen atoms in total. The molecular weight excluding hydrogens is 452 g/mol. The predicted molar refractivity (Wildman–Crippen MR) is 120 cm³/mol. The zero-order chi connectivity index (χ0) is 22.9. The summed E-state index contributed by atoms with van der Waals surface area (Å²) in [5, 5.41) is 10.3. The van der Waals surface area contributed by atoms with Crippen molar-refractivity contribution in [2.75, 3.05) is 12.4 Å². The van der Waals surface area contributed by atoms with Crippen molar-refractivity contribution in [3.8, 4) is 11.5 Å². The average Bonchev–Trinajstić information content (AvgIpc) is 3.22. The highest BCUT2D eigenvalue weighted by atomic mass is 32.2. The van der Waals surface area contributed by atoms with Gasteiger partial charge in [0.05, 0.1) is 13.2 Å². The number of rotatable bonds is 6. The lowest BCUT2D eigenvalue weighted by Gasteiger charge is -2.37. The number of amides is 1. The van der Waals surface area contributed by atoms with Crippen LogP contribution in [0.2, 0.25) is 0 Å². The fourth-order valence-corrected chi connectivity index (χ4v) is 5.56. The Balaban J connectivity index is 1.54. The molecule has 1 amide bonds. The molecule has 0 aliphatic carbocycles.